The third-order valence-electron chi connectivity index (χ3n) is 10.3. The first-order valence-electron chi connectivity index (χ1n) is 19.0. The van der Waals surface area contributed by atoms with E-state index in [2.05, 4.69) is 198 Å². The van der Waals surface area contributed by atoms with Gasteiger partial charge in [0.2, 0.25) is 0 Å². The first-order chi connectivity index (χ1) is 26.7. The van der Waals surface area contributed by atoms with Gasteiger partial charge in [-0.15, -0.1) is 6.58 Å². The lowest BCUT2D eigenvalue weighted by molar-refractivity contribution is 0.506. The summed E-state index contributed by atoms with van der Waals surface area (Å²) in [6, 6.07) is 64.0. The Hall–Kier alpha value is -6.42. The predicted molar refractivity (Wildman–Crippen MR) is 233 cm³/mol. The maximum absolute atomic E-state index is 4.00. The third kappa shape index (κ3) is 6.33. The zero-order valence-corrected chi connectivity index (χ0v) is 31.1. The van der Waals surface area contributed by atoms with Gasteiger partial charge in [-0.25, -0.2) is 0 Å². The van der Waals surface area contributed by atoms with Crippen LogP contribution in [0, 0.1) is 0 Å². The van der Waals surface area contributed by atoms with E-state index in [1.54, 1.807) is 6.08 Å². The first kappa shape index (κ1) is 34.7. The Balaban J connectivity index is 0.000000790. The second-order valence-electron chi connectivity index (χ2n) is 13.5. The molecule has 264 valence electrons. The smallest absolute Gasteiger partial charge is 0.104 e. The number of hydrogen-bond acceptors (Lipinski definition) is 2. The van der Waals surface area contributed by atoms with Crippen LogP contribution < -0.4 is 10.6 Å². The highest BCUT2D eigenvalue weighted by atomic mass is 15.2. The lowest BCUT2D eigenvalue weighted by Crippen LogP contribution is -2.37. The second-order valence-corrected chi connectivity index (χ2v) is 13.5. The van der Waals surface area contributed by atoms with Crippen LogP contribution in [0.2, 0.25) is 0 Å². The molecule has 0 radical (unpaired) electrons. The van der Waals surface area contributed by atoms with Crippen molar-refractivity contribution in [2.24, 2.45) is 0 Å². The van der Waals surface area contributed by atoms with Crippen LogP contribution in [0.1, 0.15) is 49.7 Å². The molecule has 1 aliphatic heterocycles. The van der Waals surface area contributed by atoms with Crippen molar-refractivity contribution in [2.75, 3.05) is 5.32 Å². The van der Waals surface area contributed by atoms with Crippen LogP contribution in [-0.4, -0.2) is 4.57 Å². The van der Waals surface area contributed by atoms with Gasteiger partial charge in [-0.05, 0) is 98.8 Å². The first-order valence-corrected chi connectivity index (χ1v) is 19.0. The van der Waals surface area contributed by atoms with E-state index in [0.29, 0.717) is 0 Å². The number of aromatic nitrogens is 1. The average molecular weight is 700 g/mol. The molecule has 10 rings (SSSR count). The van der Waals surface area contributed by atoms with Gasteiger partial charge in [-0.1, -0.05) is 153 Å². The molecule has 0 fully saturated rings. The van der Waals surface area contributed by atoms with E-state index < -0.39 is 0 Å². The summed E-state index contributed by atoms with van der Waals surface area (Å²) in [6.07, 6.45) is 1.68. The standard InChI is InChI=1S/C46H33N3.C3H6.C2H6/c1-2-13-37(14-3-1)49-42-26-25-36(29-40(42)44-38-15-7-6-11-32(38)24-27-43(44)49)46-47-41-17-9-8-16-39(41)45(48-46)33-21-18-31(19-22-33)35-23-20-30-10-4-5-12-34(30)28-35;1-3-2;1-2/h1-29,45-48H;3H,1H2,2H3;1-2H3. The monoisotopic (exact) mass is 699 g/mol. The molecule has 2 heterocycles. The summed E-state index contributed by atoms with van der Waals surface area (Å²) in [5.74, 6) is 0. The van der Waals surface area contributed by atoms with E-state index in [-0.39, 0.29) is 12.2 Å². The van der Waals surface area contributed by atoms with Gasteiger partial charge in [0.1, 0.15) is 6.17 Å². The topological polar surface area (TPSA) is 29.0 Å². The fraction of sp³-hybridized carbons (Fsp3) is 0.0980. The number of rotatable bonds is 4. The van der Waals surface area contributed by atoms with E-state index in [9.17, 15) is 0 Å². The SMILES string of the molecule is C=CC.CC.c1ccc(-n2c3ccc(C4Nc5ccccc5C(c5ccc(-c6ccc7ccccc7c6)cc5)N4)cc3c3c4ccccc4ccc32)cc1. The van der Waals surface area contributed by atoms with Gasteiger partial charge in [0.15, 0.2) is 0 Å². The van der Waals surface area contributed by atoms with Crippen LogP contribution in [0.5, 0.6) is 0 Å². The number of allylic oxidation sites excluding steroid dienone is 1. The van der Waals surface area contributed by atoms with Crippen molar-refractivity contribution in [1.82, 2.24) is 9.88 Å². The number of benzene rings is 8. The summed E-state index contributed by atoms with van der Waals surface area (Å²) in [5.41, 5.74) is 10.9. The largest absolute Gasteiger partial charge is 0.366 e. The lowest BCUT2D eigenvalue weighted by atomic mass is 9.92. The highest BCUT2D eigenvalue weighted by Gasteiger charge is 2.28. The number of hydrogen-bond donors (Lipinski definition) is 2. The lowest BCUT2D eigenvalue weighted by Gasteiger charge is -2.35. The quantitative estimate of drug-likeness (QED) is 0.179. The zero-order valence-electron chi connectivity index (χ0n) is 31.1. The Morgan fingerprint density at radius 1 is 0.537 bits per heavy atom. The Labute approximate surface area is 318 Å². The minimum absolute atomic E-state index is 0.0373. The molecule has 0 amide bonds. The van der Waals surface area contributed by atoms with E-state index in [1.165, 1.54) is 76.9 Å². The molecule has 2 N–H and O–H groups in total. The average Bonchev–Trinajstić information content (AvgIpc) is 3.59. The van der Waals surface area contributed by atoms with Crippen molar-refractivity contribution in [1.29, 1.82) is 0 Å². The number of nitrogens with one attached hydrogen (secondary N) is 2. The van der Waals surface area contributed by atoms with E-state index >= 15 is 0 Å². The molecular formula is C51H45N3. The maximum atomic E-state index is 4.00. The fourth-order valence-corrected chi connectivity index (χ4v) is 7.87. The van der Waals surface area contributed by atoms with Gasteiger partial charge in [0, 0.05) is 22.1 Å². The van der Waals surface area contributed by atoms with Crippen molar-refractivity contribution in [3.05, 3.63) is 205 Å². The molecule has 54 heavy (non-hydrogen) atoms. The van der Waals surface area contributed by atoms with Gasteiger partial charge in [-0.3, -0.25) is 5.32 Å². The Morgan fingerprint density at radius 2 is 1.15 bits per heavy atom. The van der Waals surface area contributed by atoms with Gasteiger partial charge >= 0.3 is 0 Å². The summed E-state index contributed by atoms with van der Waals surface area (Å²) in [7, 11) is 0. The molecule has 1 aliphatic rings. The van der Waals surface area contributed by atoms with Crippen LogP contribution in [0.3, 0.4) is 0 Å². The molecule has 0 saturated carbocycles. The molecule has 0 saturated heterocycles. The highest BCUT2D eigenvalue weighted by Crippen LogP contribution is 2.41. The minimum Gasteiger partial charge on any atom is -0.366 e. The molecule has 2 unspecified atom stereocenters. The van der Waals surface area contributed by atoms with Gasteiger partial charge < -0.3 is 9.88 Å². The van der Waals surface area contributed by atoms with Crippen molar-refractivity contribution < 1.29 is 0 Å². The van der Waals surface area contributed by atoms with Crippen LogP contribution in [0.4, 0.5) is 5.69 Å². The number of anilines is 1. The fourth-order valence-electron chi connectivity index (χ4n) is 7.87. The third-order valence-corrected chi connectivity index (χ3v) is 10.3. The molecule has 2 atom stereocenters. The molecular weight excluding hydrogens is 655 g/mol. The molecule has 3 heteroatoms. The van der Waals surface area contributed by atoms with Crippen molar-refractivity contribution in [3.8, 4) is 16.8 Å². The number of nitrogens with zero attached hydrogens (tertiary/aromatic N) is 1. The van der Waals surface area contributed by atoms with Gasteiger partial charge in [0.25, 0.3) is 0 Å². The summed E-state index contributed by atoms with van der Waals surface area (Å²) in [6.45, 7) is 9.25. The van der Waals surface area contributed by atoms with Crippen molar-refractivity contribution in [2.45, 2.75) is 33.0 Å². The molecule has 0 bridgehead atoms. The van der Waals surface area contributed by atoms with Crippen LogP contribution in [0.15, 0.2) is 189 Å². The Kier molecular flexibility index (Phi) is 9.81. The van der Waals surface area contributed by atoms with Crippen molar-refractivity contribution in [3.63, 3.8) is 0 Å². The van der Waals surface area contributed by atoms with Gasteiger partial charge in [0.05, 0.1) is 17.1 Å². The summed E-state index contributed by atoms with van der Waals surface area (Å²) in [5, 5.41) is 15.4. The van der Waals surface area contributed by atoms with Gasteiger partial charge in [-0.2, -0.15) is 0 Å². The zero-order chi connectivity index (χ0) is 37.0. The number of fused-ring (bicyclic) bond motifs is 7. The summed E-state index contributed by atoms with van der Waals surface area (Å²) >= 11 is 0. The van der Waals surface area contributed by atoms with E-state index in [1.807, 2.05) is 20.8 Å². The molecule has 9 aromatic rings. The maximum Gasteiger partial charge on any atom is 0.104 e. The van der Waals surface area contributed by atoms with E-state index in [0.717, 1.165) is 5.69 Å². The summed E-state index contributed by atoms with van der Waals surface area (Å²) < 4.78 is 2.40. The second kappa shape index (κ2) is 15.3. The van der Waals surface area contributed by atoms with Crippen LogP contribution >= 0.6 is 0 Å². The van der Waals surface area contributed by atoms with E-state index in [4.69, 9.17) is 0 Å². The molecule has 8 aromatic carbocycles. The molecule has 3 nitrogen and oxygen atoms in total. The van der Waals surface area contributed by atoms with Crippen LogP contribution in [0.25, 0.3) is 60.2 Å². The molecule has 0 spiro atoms. The Morgan fingerprint density at radius 3 is 1.94 bits per heavy atom. The highest BCUT2D eigenvalue weighted by molar-refractivity contribution is 6.21. The Bertz CT molecular complexity index is 2720. The van der Waals surface area contributed by atoms with Crippen LogP contribution in [-0.2, 0) is 0 Å². The molecule has 0 aliphatic carbocycles. The molecule has 1 aromatic heterocycles. The number of para-hydroxylation sites is 2. The van der Waals surface area contributed by atoms with Crippen molar-refractivity contribution >= 4 is 49.0 Å². The predicted octanol–water partition coefficient (Wildman–Crippen LogP) is 13.8. The normalized spacial score (nSPS) is 14.7. The minimum atomic E-state index is -0.0745. The summed E-state index contributed by atoms with van der Waals surface area (Å²) in [4.78, 5) is 0.